The summed E-state index contributed by atoms with van der Waals surface area (Å²) in [7, 11) is 0. The van der Waals surface area contributed by atoms with Crippen molar-refractivity contribution in [2.75, 3.05) is 5.32 Å². The maximum absolute atomic E-state index is 11.9. The second-order valence-corrected chi connectivity index (χ2v) is 9.93. The van der Waals surface area contributed by atoms with E-state index in [0.29, 0.717) is 17.8 Å². The van der Waals surface area contributed by atoms with Crippen LogP contribution in [0.2, 0.25) is 0 Å². The zero-order chi connectivity index (χ0) is 25.5. The minimum Gasteiger partial charge on any atom is -0.366 e. The van der Waals surface area contributed by atoms with Gasteiger partial charge in [0.05, 0.1) is 21.6 Å². The van der Waals surface area contributed by atoms with Crippen LogP contribution in [0, 0.1) is 6.92 Å². The van der Waals surface area contributed by atoms with Crippen LogP contribution in [0.1, 0.15) is 46.3 Å². The van der Waals surface area contributed by atoms with Crippen molar-refractivity contribution in [3.63, 3.8) is 0 Å². The molecule has 0 radical (unpaired) electrons. The number of carbonyl (C=O) groups is 2. The Morgan fingerprint density at radius 2 is 1.94 bits per heavy atom. The van der Waals surface area contributed by atoms with E-state index in [1.165, 1.54) is 5.56 Å². The maximum Gasteiger partial charge on any atom is 0.248 e. The summed E-state index contributed by atoms with van der Waals surface area (Å²) < 4.78 is 0. The van der Waals surface area contributed by atoms with Gasteiger partial charge in [-0.1, -0.05) is 49.2 Å². The Kier molecular flexibility index (Phi) is 8.23. The van der Waals surface area contributed by atoms with Crippen LogP contribution in [0.25, 0.3) is 21.7 Å². The Morgan fingerprint density at radius 1 is 1.11 bits per heavy atom. The molecular weight excluding hydrogens is 468 g/mol. The minimum atomic E-state index is -0.506. The van der Waals surface area contributed by atoms with Crippen LogP contribution in [-0.4, -0.2) is 28.2 Å². The first-order chi connectivity index (χ1) is 17.5. The molecule has 0 bridgehead atoms. The van der Waals surface area contributed by atoms with E-state index in [-0.39, 0.29) is 0 Å². The molecule has 0 saturated heterocycles. The highest BCUT2D eigenvalue weighted by Crippen LogP contribution is 2.38. The van der Waals surface area contributed by atoms with Gasteiger partial charge in [0.15, 0.2) is 0 Å². The molecule has 0 unspecified atom stereocenters. The Bertz CT molecular complexity index is 1360. The molecule has 1 atom stereocenters. The monoisotopic (exact) mass is 498 g/mol. The van der Waals surface area contributed by atoms with Crippen molar-refractivity contribution in [3.8, 4) is 21.7 Å². The second-order valence-electron chi connectivity index (χ2n) is 8.84. The summed E-state index contributed by atoms with van der Waals surface area (Å²) in [6.07, 6.45) is 6.19. The number of aromatic nitrogens is 2. The highest BCUT2D eigenvalue weighted by Gasteiger charge is 2.17. The van der Waals surface area contributed by atoms with Gasteiger partial charge in [-0.05, 0) is 67.6 Å². The van der Waals surface area contributed by atoms with Crippen molar-refractivity contribution < 1.29 is 9.59 Å². The van der Waals surface area contributed by atoms with Gasteiger partial charge in [-0.25, -0.2) is 9.97 Å². The van der Waals surface area contributed by atoms with Gasteiger partial charge in [0, 0.05) is 17.3 Å². The topological polar surface area (TPSA) is 98.0 Å². The van der Waals surface area contributed by atoms with E-state index in [1.807, 2.05) is 18.2 Å². The van der Waals surface area contributed by atoms with E-state index in [1.54, 1.807) is 35.7 Å². The number of hydrogen-bond donors (Lipinski definition) is 2. The summed E-state index contributed by atoms with van der Waals surface area (Å²) in [6, 6.07) is 18.9. The molecule has 0 spiro atoms. The molecule has 3 N–H and O–H groups in total. The first kappa shape index (κ1) is 25.3. The maximum atomic E-state index is 11.9. The molecule has 0 aliphatic rings. The average Bonchev–Trinajstić information content (AvgIpc) is 3.32. The van der Waals surface area contributed by atoms with E-state index in [2.05, 4.69) is 48.4 Å². The lowest BCUT2D eigenvalue weighted by Crippen LogP contribution is -2.24. The summed E-state index contributed by atoms with van der Waals surface area (Å²) in [6.45, 7) is 4.27. The minimum absolute atomic E-state index is 0.410. The fourth-order valence-electron chi connectivity index (χ4n) is 4.06. The number of aryl methyl sites for hydroxylation is 2. The van der Waals surface area contributed by atoms with Crippen molar-refractivity contribution >= 4 is 29.3 Å². The van der Waals surface area contributed by atoms with Crippen molar-refractivity contribution in [2.24, 2.45) is 5.73 Å². The zero-order valence-corrected chi connectivity index (χ0v) is 21.3. The third kappa shape index (κ3) is 6.23. The summed E-state index contributed by atoms with van der Waals surface area (Å²) in [5.74, 6) is 0.114. The lowest BCUT2D eigenvalue weighted by molar-refractivity contribution is -0.108. The standard InChI is InChI=1S/C29H30N4O2S/c1-3-4-11-26-33-27(21-9-5-7-19(2)14-21)28(36-26)22-12-13-31-25(17-22)32-24(18-34)16-20-8-6-10-23(15-20)29(30)35/h5-10,12-15,17-18,24H,3-4,11,16H2,1-2H3,(H2,30,35)(H,31,32)/t24-/m0/s1. The zero-order valence-electron chi connectivity index (χ0n) is 20.5. The number of benzene rings is 2. The number of rotatable bonds is 11. The highest BCUT2D eigenvalue weighted by molar-refractivity contribution is 7.15. The molecule has 2 heterocycles. The number of unbranched alkanes of at least 4 members (excludes halogenated alkanes) is 1. The number of nitrogens with zero attached hydrogens (tertiary/aromatic N) is 2. The lowest BCUT2D eigenvalue weighted by atomic mass is 10.0. The van der Waals surface area contributed by atoms with Crippen molar-refractivity contribution in [1.29, 1.82) is 0 Å². The van der Waals surface area contributed by atoms with Crippen molar-refractivity contribution in [3.05, 3.63) is 88.6 Å². The van der Waals surface area contributed by atoms with Crippen LogP contribution in [0.3, 0.4) is 0 Å². The first-order valence-corrected chi connectivity index (χ1v) is 12.9. The van der Waals surface area contributed by atoms with Crippen LogP contribution in [0.15, 0.2) is 66.9 Å². The quantitative estimate of drug-likeness (QED) is 0.253. The molecule has 6 nitrogen and oxygen atoms in total. The highest BCUT2D eigenvalue weighted by atomic mass is 32.1. The van der Waals surface area contributed by atoms with Gasteiger partial charge in [-0.2, -0.15) is 0 Å². The molecule has 0 aliphatic heterocycles. The second kappa shape index (κ2) is 11.7. The Morgan fingerprint density at radius 3 is 2.69 bits per heavy atom. The Hall–Kier alpha value is -3.84. The molecule has 1 amide bonds. The fraction of sp³-hybridized carbons (Fsp3) is 0.241. The Balaban J connectivity index is 1.62. The van der Waals surface area contributed by atoms with Gasteiger partial charge in [0.1, 0.15) is 12.1 Å². The predicted molar refractivity (Wildman–Crippen MR) is 146 cm³/mol. The summed E-state index contributed by atoms with van der Waals surface area (Å²) >= 11 is 1.71. The molecule has 2 aromatic carbocycles. The number of pyridine rings is 1. The average molecular weight is 499 g/mol. The van der Waals surface area contributed by atoms with Crippen LogP contribution in [-0.2, 0) is 17.6 Å². The molecule has 7 heteroatoms. The van der Waals surface area contributed by atoms with Crippen molar-refractivity contribution in [1.82, 2.24) is 9.97 Å². The third-order valence-electron chi connectivity index (χ3n) is 5.89. The van der Waals surface area contributed by atoms with Crippen LogP contribution < -0.4 is 11.1 Å². The fourth-order valence-corrected chi connectivity index (χ4v) is 5.19. The van der Waals surface area contributed by atoms with Crippen molar-refractivity contribution in [2.45, 2.75) is 45.6 Å². The largest absolute Gasteiger partial charge is 0.366 e. The molecule has 0 aliphatic carbocycles. The molecule has 4 aromatic rings. The third-order valence-corrected chi connectivity index (χ3v) is 7.06. The number of thiazole rings is 1. The number of aldehydes is 1. The van der Waals surface area contributed by atoms with E-state index < -0.39 is 11.9 Å². The summed E-state index contributed by atoms with van der Waals surface area (Å²) in [4.78, 5) is 33.9. The van der Waals surface area contributed by atoms with Gasteiger partial charge in [-0.15, -0.1) is 11.3 Å². The normalized spacial score (nSPS) is 11.7. The van der Waals surface area contributed by atoms with E-state index in [4.69, 9.17) is 10.7 Å². The lowest BCUT2D eigenvalue weighted by Gasteiger charge is -2.14. The molecule has 36 heavy (non-hydrogen) atoms. The molecule has 0 saturated carbocycles. The van der Waals surface area contributed by atoms with Gasteiger partial charge in [-0.3, -0.25) is 4.79 Å². The molecule has 4 rings (SSSR count). The number of carbonyl (C=O) groups excluding carboxylic acids is 2. The first-order valence-electron chi connectivity index (χ1n) is 12.1. The number of nitrogens with two attached hydrogens (primary N) is 1. The van der Waals surface area contributed by atoms with Crippen LogP contribution >= 0.6 is 11.3 Å². The number of amides is 1. The van der Waals surface area contributed by atoms with Gasteiger partial charge >= 0.3 is 0 Å². The smallest absolute Gasteiger partial charge is 0.248 e. The van der Waals surface area contributed by atoms with E-state index in [9.17, 15) is 9.59 Å². The molecule has 2 aromatic heterocycles. The summed E-state index contributed by atoms with van der Waals surface area (Å²) in [5, 5.41) is 4.35. The number of anilines is 1. The molecule has 0 fully saturated rings. The van der Waals surface area contributed by atoms with Crippen LogP contribution in [0.4, 0.5) is 5.82 Å². The van der Waals surface area contributed by atoms with Gasteiger partial charge < -0.3 is 15.8 Å². The van der Waals surface area contributed by atoms with E-state index in [0.717, 1.165) is 57.8 Å². The Labute approximate surface area is 215 Å². The van der Waals surface area contributed by atoms with E-state index >= 15 is 0 Å². The van der Waals surface area contributed by atoms with Gasteiger partial charge in [0.2, 0.25) is 5.91 Å². The summed E-state index contributed by atoms with van der Waals surface area (Å²) in [5.41, 5.74) is 10.9. The van der Waals surface area contributed by atoms with Crippen LogP contribution in [0.5, 0.6) is 0 Å². The SMILES string of the molecule is CCCCc1nc(-c2cccc(C)c2)c(-c2ccnc(N[C@H](C=O)Cc3cccc(C(N)=O)c3)c2)s1. The van der Waals surface area contributed by atoms with Gasteiger partial charge in [0.25, 0.3) is 0 Å². The predicted octanol–water partition coefficient (Wildman–Crippen LogP) is 5.84. The molecular formula is C29H30N4O2S. The number of primary amides is 1. The number of nitrogens with one attached hydrogen (secondary N) is 1. The number of hydrogen-bond acceptors (Lipinski definition) is 6. The molecule has 184 valence electrons.